The van der Waals surface area contributed by atoms with Gasteiger partial charge in [-0.1, -0.05) is 147 Å². The van der Waals surface area contributed by atoms with Gasteiger partial charge in [0.2, 0.25) is 0 Å². The van der Waals surface area contributed by atoms with Gasteiger partial charge in [0.1, 0.15) is 34.5 Å². The summed E-state index contributed by atoms with van der Waals surface area (Å²) in [5.74, 6) is 2.17. The summed E-state index contributed by atoms with van der Waals surface area (Å²) in [6.07, 6.45) is -1.13. The zero-order chi connectivity index (χ0) is 61.8. The number of rotatable bonds is 20. The SMILES string of the molecule is Cc1ccc(C2(c3ccc(C)c(OC(=O)Oc4ccccc4C)c3)c3ccccc3-c3ccccc32)cc1OC(=O)Oc1ccc(C(C)(C)c2ccc(OC(=O)Oc3ccccc3CCC[Si](C)(O[Si](C)(C)C)O[Si](C)(C)O[Si](C)(C)C)cc2)cc1. The highest BCUT2D eigenvalue weighted by Gasteiger charge is 2.47. The molecule has 1 aliphatic rings. The smallest absolute Gasteiger partial charge is 0.437 e. The summed E-state index contributed by atoms with van der Waals surface area (Å²) >= 11 is 0. The van der Waals surface area contributed by atoms with E-state index in [1.54, 1.807) is 42.5 Å². The lowest BCUT2D eigenvalue weighted by Crippen LogP contribution is -2.56. The number of carbonyl (C=O) groups is 3. The van der Waals surface area contributed by atoms with Crippen LogP contribution in [0.25, 0.3) is 11.1 Å². The molecule has 0 aliphatic heterocycles. The quantitative estimate of drug-likeness (QED) is 0.0408. The standard InChI is InChI=1S/C70H78O12Si4/c1-48-24-15-21-31-62(48)76-68(73)79-65-47-55(36-34-50(65)3)70(60-29-19-17-27-58(60)59-28-18-20-30-61(59)70)54-35-33-49(2)64(46-54)78-67(72)75-57-43-39-53(40-44-57)69(4,5)52-37-41-56(42-38-52)74-66(71)77-63-32-22-16-25-51(63)26-23-45-86(14,81-84(9,10)11)82-85(12,13)80-83(6,7)8/h15-22,24-25,27-44,46-47H,23,26,45H2,1-14H3. The van der Waals surface area contributed by atoms with E-state index in [0.29, 0.717) is 40.9 Å². The highest BCUT2D eigenvalue weighted by molar-refractivity contribution is 6.89. The van der Waals surface area contributed by atoms with Crippen LogP contribution in [-0.4, -0.2) is 52.2 Å². The Hall–Kier alpha value is -7.68. The monoisotopic (exact) mass is 1220 g/mol. The average Bonchev–Trinajstić information content (AvgIpc) is 1.53. The molecular weight excluding hydrogens is 1150 g/mol. The molecule has 0 N–H and O–H groups in total. The molecule has 0 amide bonds. The summed E-state index contributed by atoms with van der Waals surface area (Å²) in [4.78, 5) is 40.5. The number of hydrogen-bond acceptors (Lipinski definition) is 12. The maximum atomic E-state index is 13.8. The van der Waals surface area contributed by atoms with Crippen LogP contribution in [0.15, 0.2) is 182 Å². The zero-order valence-corrected chi connectivity index (χ0v) is 55.8. The molecule has 0 radical (unpaired) electrons. The van der Waals surface area contributed by atoms with E-state index in [1.807, 2.05) is 136 Å². The number of benzene rings is 8. The number of para-hydroxylation sites is 2. The second-order valence-electron chi connectivity index (χ2n) is 25.1. The van der Waals surface area contributed by atoms with Crippen molar-refractivity contribution in [1.82, 2.24) is 0 Å². The van der Waals surface area contributed by atoms with Gasteiger partial charge in [-0.05, 0) is 214 Å². The maximum Gasteiger partial charge on any atom is 0.519 e. The third-order valence-corrected chi connectivity index (χ3v) is 28.7. The summed E-state index contributed by atoms with van der Waals surface area (Å²) in [5.41, 5.74) is 9.42. The summed E-state index contributed by atoms with van der Waals surface area (Å²) in [6.45, 7) is 29.4. The van der Waals surface area contributed by atoms with Crippen LogP contribution < -0.4 is 28.4 Å². The van der Waals surface area contributed by atoms with Crippen LogP contribution in [0.4, 0.5) is 14.4 Å². The number of aryl methyl sites for hydroxylation is 4. The third-order valence-electron chi connectivity index (χ3n) is 15.2. The maximum absolute atomic E-state index is 13.8. The normalized spacial score (nSPS) is 13.6. The lowest BCUT2D eigenvalue weighted by molar-refractivity contribution is 0.150. The zero-order valence-electron chi connectivity index (χ0n) is 51.8. The van der Waals surface area contributed by atoms with Crippen molar-refractivity contribution in [3.63, 3.8) is 0 Å². The van der Waals surface area contributed by atoms with Gasteiger partial charge in [0.05, 0.1) is 5.41 Å². The van der Waals surface area contributed by atoms with Crippen molar-refractivity contribution in [3.05, 3.63) is 238 Å². The summed E-state index contributed by atoms with van der Waals surface area (Å²) < 4.78 is 55.3. The van der Waals surface area contributed by atoms with Gasteiger partial charge in [-0.15, -0.1) is 0 Å². The summed E-state index contributed by atoms with van der Waals surface area (Å²) in [6, 6.07) is 58.5. The fraction of sp³-hybridized carbons (Fsp3) is 0.271. The van der Waals surface area contributed by atoms with E-state index in [2.05, 4.69) is 97.0 Å². The number of carbonyl (C=O) groups excluding carboxylic acids is 3. The fourth-order valence-corrected chi connectivity index (χ4v) is 29.7. The second kappa shape index (κ2) is 25.3. The van der Waals surface area contributed by atoms with Gasteiger partial charge in [-0.25, -0.2) is 14.4 Å². The summed E-state index contributed by atoms with van der Waals surface area (Å²) in [7, 11) is -8.84. The van der Waals surface area contributed by atoms with Crippen LogP contribution in [-0.2, 0) is 29.6 Å². The van der Waals surface area contributed by atoms with E-state index in [0.717, 1.165) is 79.2 Å². The molecule has 12 nitrogen and oxygen atoms in total. The Morgan fingerprint density at radius 1 is 0.419 bits per heavy atom. The van der Waals surface area contributed by atoms with E-state index < -0.39 is 63.1 Å². The first kappa shape index (κ1) is 62.8. The predicted octanol–water partition coefficient (Wildman–Crippen LogP) is 18.5. The molecule has 0 fully saturated rings. The molecule has 1 aliphatic carbocycles. The average molecular weight is 1220 g/mol. The van der Waals surface area contributed by atoms with Crippen LogP contribution in [0.3, 0.4) is 0 Å². The molecule has 8 aromatic carbocycles. The predicted molar refractivity (Wildman–Crippen MR) is 348 cm³/mol. The van der Waals surface area contributed by atoms with Crippen molar-refractivity contribution in [2.75, 3.05) is 0 Å². The lowest BCUT2D eigenvalue weighted by Gasteiger charge is -2.41. The Balaban J connectivity index is 0.858. The van der Waals surface area contributed by atoms with E-state index in [-0.39, 0.29) is 0 Å². The molecule has 1 atom stereocenters. The highest BCUT2D eigenvalue weighted by atomic mass is 28.5. The highest BCUT2D eigenvalue weighted by Crippen LogP contribution is 2.57. The van der Waals surface area contributed by atoms with Crippen molar-refractivity contribution in [1.29, 1.82) is 0 Å². The summed E-state index contributed by atoms with van der Waals surface area (Å²) in [5, 5.41) is 0. The van der Waals surface area contributed by atoms with E-state index >= 15 is 0 Å². The van der Waals surface area contributed by atoms with Crippen LogP contribution in [0.1, 0.15) is 75.9 Å². The minimum absolute atomic E-state index is 0.300. The van der Waals surface area contributed by atoms with Crippen molar-refractivity contribution in [3.8, 4) is 45.6 Å². The van der Waals surface area contributed by atoms with Crippen molar-refractivity contribution in [2.24, 2.45) is 0 Å². The first-order valence-corrected chi connectivity index (χ1v) is 41.3. The Kier molecular flexibility index (Phi) is 18.5. The lowest BCUT2D eigenvalue weighted by atomic mass is 9.67. The molecular formula is C70H78O12Si4. The minimum atomic E-state index is -2.62. The first-order chi connectivity index (χ1) is 40.6. The molecule has 16 heteroatoms. The van der Waals surface area contributed by atoms with Crippen LogP contribution in [0, 0.1) is 20.8 Å². The third kappa shape index (κ3) is 14.8. The van der Waals surface area contributed by atoms with Gasteiger partial charge in [0.15, 0.2) is 16.6 Å². The Labute approximate surface area is 511 Å². The molecule has 86 heavy (non-hydrogen) atoms. The number of fused-ring (bicyclic) bond motifs is 3. The van der Waals surface area contributed by atoms with E-state index in [4.69, 9.17) is 40.8 Å². The van der Waals surface area contributed by atoms with Crippen molar-refractivity contribution < 1.29 is 55.2 Å². The van der Waals surface area contributed by atoms with Crippen molar-refractivity contribution in [2.45, 2.75) is 123 Å². The van der Waals surface area contributed by atoms with Crippen molar-refractivity contribution >= 4 is 52.2 Å². The molecule has 0 bridgehead atoms. The molecule has 0 aromatic heterocycles. The molecule has 8 aromatic rings. The van der Waals surface area contributed by atoms with Crippen LogP contribution >= 0.6 is 0 Å². The number of hydrogen-bond donors (Lipinski definition) is 0. The van der Waals surface area contributed by atoms with E-state index in [1.165, 1.54) is 0 Å². The van der Waals surface area contributed by atoms with Crippen LogP contribution in [0.5, 0.6) is 34.5 Å². The Bertz CT molecular complexity index is 3730. The van der Waals surface area contributed by atoms with E-state index in [9.17, 15) is 14.4 Å². The topological polar surface area (TPSA) is 134 Å². The fourth-order valence-electron chi connectivity index (χ4n) is 11.7. The molecule has 0 saturated heterocycles. The van der Waals surface area contributed by atoms with Gasteiger partial charge in [0, 0.05) is 5.41 Å². The van der Waals surface area contributed by atoms with Gasteiger partial charge < -0.3 is 40.8 Å². The minimum Gasteiger partial charge on any atom is -0.437 e. The number of ether oxygens (including phenoxy) is 6. The van der Waals surface area contributed by atoms with Gasteiger partial charge >= 0.3 is 35.6 Å². The molecule has 1 unspecified atom stereocenters. The molecule has 446 valence electrons. The first-order valence-electron chi connectivity index (χ1n) is 29.2. The van der Waals surface area contributed by atoms with Gasteiger partial charge in [0.25, 0.3) is 0 Å². The Morgan fingerprint density at radius 2 is 0.826 bits per heavy atom. The van der Waals surface area contributed by atoms with Gasteiger partial charge in [-0.3, -0.25) is 0 Å². The second-order valence-corrected chi connectivity index (χ2v) is 41.6. The molecule has 0 spiro atoms. The molecule has 0 heterocycles. The largest absolute Gasteiger partial charge is 0.519 e. The van der Waals surface area contributed by atoms with Crippen LogP contribution in [0.2, 0.25) is 65.0 Å². The molecule has 0 saturated carbocycles. The van der Waals surface area contributed by atoms with Gasteiger partial charge in [-0.2, -0.15) is 0 Å². The molecule has 9 rings (SSSR count). The Morgan fingerprint density at radius 3 is 1.31 bits per heavy atom.